The molecule has 0 spiro atoms. The summed E-state index contributed by atoms with van der Waals surface area (Å²) in [6.45, 7) is 0. The third kappa shape index (κ3) is 1.13. The SMILES string of the molecule is NNC(=NC1CC1)C1C2C3CCC(C3)C12. The lowest BCUT2D eigenvalue weighted by Gasteiger charge is -2.10. The van der Waals surface area contributed by atoms with Crippen molar-refractivity contribution in [1.82, 2.24) is 5.43 Å². The van der Waals surface area contributed by atoms with Crippen molar-refractivity contribution in [3.63, 3.8) is 0 Å². The average molecular weight is 205 g/mol. The van der Waals surface area contributed by atoms with E-state index in [4.69, 9.17) is 10.8 Å². The normalized spacial score (nSPS) is 51.8. The fourth-order valence-corrected chi connectivity index (χ4v) is 4.31. The highest BCUT2D eigenvalue weighted by atomic mass is 15.3. The molecule has 3 nitrogen and oxygen atoms in total. The summed E-state index contributed by atoms with van der Waals surface area (Å²) in [5.74, 6) is 11.4. The van der Waals surface area contributed by atoms with Gasteiger partial charge < -0.3 is 5.43 Å². The van der Waals surface area contributed by atoms with Crippen LogP contribution >= 0.6 is 0 Å². The van der Waals surface area contributed by atoms with Crippen molar-refractivity contribution in [2.24, 2.45) is 40.4 Å². The summed E-state index contributed by atoms with van der Waals surface area (Å²) < 4.78 is 0. The molecule has 4 saturated carbocycles. The maximum Gasteiger partial charge on any atom is 0.114 e. The van der Waals surface area contributed by atoms with Gasteiger partial charge in [-0.1, -0.05) is 0 Å². The molecule has 82 valence electrons. The van der Waals surface area contributed by atoms with E-state index < -0.39 is 0 Å². The number of hydrogen-bond donors (Lipinski definition) is 2. The van der Waals surface area contributed by atoms with E-state index in [1.165, 1.54) is 32.1 Å². The van der Waals surface area contributed by atoms with Crippen molar-refractivity contribution in [2.75, 3.05) is 0 Å². The molecule has 0 heterocycles. The zero-order valence-corrected chi connectivity index (χ0v) is 9.02. The van der Waals surface area contributed by atoms with Gasteiger partial charge in [0.15, 0.2) is 0 Å². The topological polar surface area (TPSA) is 50.4 Å². The van der Waals surface area contributed by atoms with Crippen molar-refractivity contribution >= 4 is 5.84 Å². The molecule has 0 aromatic rings. The minimum absolute atomic E-state index is 0.607. The van der Waals surface area contributed by atoms with Gasteiger partial charge in [-0.2, -0.15) is 0 Å². The van der Waals surface area contributed by atoms with E-state index in [0.717, 1.165) is 35.4 Å². The van der Waals surface area contributed by atoms with E-state index >= 15 is 0 Å². The van der Waals surface area contributed by atoms with E-state index in [9.17, 15) is 0 Å². The number of fused-ring (bicyclic) bond motifs is 5. The summed E-state index contributed by atoms with van der Waals surface area (Å²) in [4.78, 5) is 4.73. The molecule has 0 amide bonds. The van der Waals surface area contributed by atoms with Gasteiger partial charge in [-0.05, 0) is 55.8 Å². The van der Waals surface area contributed by atoms with Crippen LogP contribution in [0.1, 0.15) is 32.1 Å². The van der Waals surface area contributed by atoms with E-state index in [-0.39, 0.29) is 0 Å². The molecule has 3 N–H and O–H groups in total. The summed E-state index contributed by atoms with van der Waals surface area (Å²) in [6, 6.07) is 0.607. The molecule has 4 unspecified atom stereocenters. The summed E-state index contributed by atoms with van der Waals surface area (Å²) in [6.07, 6.45) is 7.01. The Morgan fingerprint density at radius 2 is 1.73 bits per heavy atom. The molecule has 4 aliphatic rings. The van der Waals surface area contributed by atoms with Crippen molar-refractivity contribution < 1.29 is 0 Å². The van der Waals surface area contributed by atoms with Gasteiger partial charge in [-0.25, -0.2) is 5.84 Å². The van der Waals surface area contributed by atoms with Crippen LogP contribution < -0.4 is 11.3 Å². The molecule has 4 aliphatic carbocycles. The highest BCUT2D eigenvalue weighted by Gasteiger charge is 2.66. The summed E-state index contributed by atoms with van der Waals surface area (Å²) >= 11 is 0. The molecule has 4 fully saturated rings. The molecule has 4 atom stereocenters. The summed E-state index contributed by atoms with van der Waals surface area (Å²) in [5.41, 5.74) is 2.88. The first-order chi connectivity index (χ1) is 7.38. The van der Waals surface area contributed by atoms with E-state index in [1.807, 2.05) is 0 Å². The minimum atomic E-state index is 0.607. The monoisotopic (exact) mass is 205 g/mol. The number of nitrogens with two attached hydrogens (primary N) is 1. The maximum absolute atomic E-state index is 5.62. The number of rotatable bonds is 2. The third-order valence-electron chi connectivity index (χ3n) is 5.07. The van der Waals surface area contributed by atoms with E-state index in [1.54, 1.807) is 0 Å². The predicted molar refractivity (Wildman–Crippen MR) is 59.1 cm³/mol. The Morgan fingerprint density at radius 1 is 1.07 bits per heavy atom. The first kappa shape index (κ1) is 8.57. The highest BCUT2D eigenvalue weighted by Crippen LogP contribution is 2.69. The van der Waals surface area contributed by atoms with Crippen LogP contribution in [-0.4, -0.2) is 11.9 Å². The highest BCUT2D eigenvalue weighted by molar-refractivity contribution is 5.88. The summed E-state index contributed by atoms with van der Waals surface area (Å²) in [7, 11) is 0. The predicted octanol–water partition coefficient (Wildman–Crippen LogP) is 1.30. The fraction of sp³-hybridized carbons (Fsp3) is 0.917. The van der Waals surface area contributed by atoms with Crippen LogP contribution in [0.15, 0.2) is 4.99 Å². The van der Waals surface area contributed by atoms with Crippen LogP contribution in [0.25, 0.3) is 0 Å². The van der Waals surface area contributed by atoms with Gasteiger partial charge in [-0.3, -0.25) is 4.99 Å². The van der Waals surface area contributed by atoms with Crippen molar-refractivity contribution in [3.8, 4) is 0 Å². The van der Waals surface area contributed by atoms with Gasteiger partial charge in [0.2, 0.25) is 0 Å². The molecule has 0 saturated heterocycles. The second kappa shape index (κ2) is 2.76. The number of nitrogens with zero attached hydrogens (tertiary/aromatic N) is 1. The Morgan fingerprint density at radius 3 is 2.27 bits per heavy atom. The zero-order valence-electron chi connectivity index (χ0n) is 9.02. The lowest BCUT2D eigenvalue weighted by atomic mass is 10.0. The molecule has 0 aromatic heterocycles. The molecule has 0 aliphatic heterocycles. The molecular formula is C12H19N3. The second-order valence-electron chi connectivity index (χ2n) is 5.90. The van der Waals surface area contributed by atoms with Crippen LogP contribution in [-0.2, 0) is 0 Å². The van der Waals surface area contributed by atoms with Crippen molar-refractivity contribution in [1.29, 1.82) is 0 Å². The van der Waals surface area contributed by atoms with E-state index in [0.29, 0.717) is 6.04 Å². The number of amidine groups is 1. The maximum atomic E-state index is 5.62. The molecule has 0 radical (unpaired) electrons. The van der Waals surface area contributed by atoms with Gasteiger partial charge in [0, 0.05) is 5.92 Å². The number of aliphatic imine (C=N–C) groups is 1. The molecule has 4 rings (SSSR count). The molecule has 3 heteroatoms. The Bertz CT molecular complexity index is 305. The van der Waals surface area contributed by atoms with E-state index in [2.05, 4.69) is 5.43 Å². The molecule has 0 aromatic carbocycles. The quantitative estimate of drug-likeness (QED) is 0.309. The van der Waals surface area contributed by atoms with Gasteiger partial charge in [0.25, 0.3) is 0 Å². The number of nitrogens with one attached hydrogen (secondary N) is 1. The standard InChI is InChI=1S/C12H19N3/c13-15-12(14-8-3-4-8)11-9-6-1-2-7(5-6)10(9)11/h6-11H,1-5,13H2,(H,14,15). The molecule has 15 heavy (non-hydrogen) atoms. The lowest BCUT2D eigenvalue weighted by Crippen LogP contribution is -2.34. The Kier molecular flexibility index (Phi) is 1.58. The molecular weight excluding hydrogens is 186 g/mol. The summed E-state index contributed by atoms with van der Waals surface area (Å²) in [5, 5.41) is 0. The smallest absolute Gasteiger partial charge is 0.114 e. The van der Waals surface area contributed by atoms with Crippen LogP contribution in [0.5, 0.6) is 0 Å². The van der Waals surface area contributed by atoms with Crippen molar-refractivity contribution in [2.45, 2.75) is 38.1 Å². The van der Waals surface area contributed by atoms with Gasteiger partial charge in [-0.15, -0.1) is 0 Å². The third-order valence-corrected chi connectivity index (χ3v) is 5.07. The Balaban J connectivity index is 1.55. The van der Waals surface area contributed by atoms with Crippen LogP contribution in [0.2, 0.25) is 0 Å². The van der Waals surface area contributed by atoms with Gasteiger partial charge in [0.1, 0.15) is 5.84 Å². The number of hydrazine groups is 1. The zero-order chi connectivity index (χ0) is 9.99. The first-order valence-electron chi connectivity index (χ1n) is 6.43. The van der Waals surface area contributed by atoms with Crippen LogP contribution in [0.3, 0.4) is 0 Å². The Labute approximate surface area is 90.5 Å². The van der Waals surface area contributed by atoms with Gasteiger partial charge in [0.05, 0.1) is 6.04 Å². The van der Waals surface area contributed by atoms with Crippen molar-refractivity contribution in [3.05, 3.63) is 0 Å². The largest absolute Gasteiger partial charge is 0.312 e. The molecule has 2 bridgehead atoms. The fourth-order valence-electron chi connectivity index (χ4n) is 4.31. The first-order valence-corrected chi connectivity index (χ1v) is 6.43. The second-order valence-corrected chi connectivity index (χ2v) is 5.90. The van der Waals surface area contributed by atoms with Gasteiger partial charge >= 0.3 is 0 Å². The van der Waals surface area contributed by atoms with Crippen LogP contribution in [0.4, 0.5) is 0 Å². The van der Waals surface area contributed by atoms with Crippen LogP contribution in [0, 0.1) is 29.6 Å². The lowest BCUT2D eigenvalue weighted by molar-refractivity contribution is 0.456. The Hall–Kier alpha value is -0.570. The minimum Gasteiger partial charge on any atom is -0.312 e. The number of hydrogen-bond acceptors (Lipinski definition) is 2. The average Bonchev–Trinajstić information content (AvgIpc) is 3.14.